The number of carbonyl (C=O) groups excluding carboxylic acids is 1. The van der Waals surface area contributed by atoms with Crippen LogP contribution in [0.5, 0.6) is 0 Å². The molecule has 1 heterocycles. The normalized spacial score (nSPS) is 23.4. The highest BCUT2D eigenvalue weighted by Gasteiger charge is 2.24. The minimum atomic E-state index is -0.424. The Kier molecular flexibility index (Phi) is 3.74. The van der Waals surface area contributed by atoms with Crippen LogP contribution in [0.2, 0.25) is 0 Å². The fourth-order valence-electron chi connectivity index (χ4n) is 2.99. The Balaban J connectivity index is 1.80. The molecule has 2 atom stereocenters. The fourth-order valence-corrected chi connectivity index (χ4v) is 2.99. The third kappa shape index (κ3) is 2.56. The van der Waals surface area contributed by atoms with Gasteiger partial charge in [-0.3, -0.25) is 4.79 Å². The van der Waals surface area contributed by atoms with Crippen molar-refractivity contribution in [2.45, 2.75) is 44.2 Å². The van der Waals surface area contributed by atoms with E-state index in [0.29, 0.717) is 5.56 Å². The zero-order chi connectivity index (χ0) is 13.9. The molecule has 1 aromatic carbocycles. The number of carbonyl (C=O) groups is 1. The lowest BCUT2D eigenvalue weighted by atomic mass is 10.0. The molecule has 3 rings (SSSR count). The number of H-pyrrole nitrogens is 1. The summed E-state index contributed by atoms with van der Waals surface area (Å²) >= 11 is 0. The monoisotopic (exact) mass is 272 g/mol. The molecule has 4 heteroatoms. The van der Waals surface area contributed by atoms with Gasteiger partial charge < -0.3 is 15.4 Å². The molecule has 2 aromatic rings. The van der Waals surface area contributed by atoms with Gasteiger partial charge in [0.1, 0.15) is 0 Å². The highest BCUT2D eigenvalue weighted by Crippen LogP contribution is 2.20. The van der Waals surface area contributed by atoms with Crippen molar-refractivity contribution in [1.29, 1.82) is 0 Å². The molecule has 1 amide bonds. The van der Waals surface area contributed by atoms with Crippen LogP contribution in [0.4, 0.5) is 0 Å². The van der Waals surface area contributed by atoms with Gasteiger partial charge in [0, 0.05) is 22.7 Å². The van der Waals surface area contributed by atoms with Crippen LogP contribution in [-0.2, 0) is 0 Å². The minimum absolute atomic E-state index is 0.0962. The SMILES string of the molecule is O=C(NC1CCCCCC1O)c1cccc2[nH]ccc12. The van der Waals surface area contributed by atoms with Crippen LogP contribution in [0.25, 0.3) is 10.9 Å². The Bertz CT molecular complexity index is 605. The van der Waals surface area contributed by atoms with Crippen molar-refractivity contribution in [3.63, 3.8) is 0 Å². The second kappa shape index (κ2) is 5.67. The second-order valence-electron chi connectivity index (χ2n) is 5.53. The highest BCUT2D eigenvalue weighted by atomic mass is 16.3. The first-order valence-electron chi connectivity index (χ1n) is 7.31. The summed E-state index contributed by atoms with van der Waals surface area (Å²) in [6.45, 7) is 0. The van der Waals surface area contributed by atoms with E-state index in [9.17, 15) is 9.90 Å². The van der Waals surface area contributed by atoms with Crippen LogP contribution in [-0.4, -0.2) is 28.1 Å². The molecule has 20 heavy (non-hydrogen) atoms. The Morgan fingerprint density at radius 1 is 1.20 bits per heavy atom. The van der Waals surface area contributed by atoms with Gasteiger partial charge in [-0.05, 0) is 31.0 Å². The van der Waals surface area contributed by atoms with E-state index in [1.807, 2.05) is 30.5 Å². The summed E-state index contributed by atoms with van der Waals surface area (Å²) < 4.78 is 0. The zero-order valence-electron chi connectivity index (χ0n) is 11.4. The molecule has 106 valence electrons. The number of nitrogens with one attached hydrogen (secondary N) is 2. The topological polar surface area (TPSA) is 65.1 Å². The number of aromatic nitrogens is 1. The van der Waals surface area contributed by atoms with E-state index in [1.165, 1.54) is 0 Å². The van der Waals surface area contributed by atoms with E-state index >= 15 is 0 Å². The lowest BCUT2D eigenvalue weighted by molar-refractivity contribution is 0.0820. The molecular formula is C16H20N2O2. The van der Waals surface area contributed by atoms with Crippen molar-refractivity contribution in [2.24, 2.45) is 0 Å². The van der Waals surface area contributed by atoms with Crippen LogP contribution in [0, 0.1) is 0 Å². The summed E-state index contributed by atoms with van der Waals surface area (Å²) in [6, 6.07) is 7.44. The summed E-state index contributed by atoms with van der Waals surface area (Å²) in [5.74, 6) is -0.0962. The number of fused-ring (bicyclic) bond motifs is 1. The summed E-state index contributed by atoms with van der Waals surface area (Å²) in [4.78, 5) is 15.6. The molecule has 3 N–H and O–H groups in total. The van der Waals surface area contributed by atoms with Gasteiger partial charge in [-0.1, -0.05) is 25.3 Å². The Labute approximate surface area is 118 Å². The molecule has 0 bridgehead atoms. The number of aromatic amines is 1. The highest BCUT2D eigenvalue weighted by molar-refractivity contribution is 6.06. The largest absolute Gasteiger partial charge is 0.391 e. The lowest BCUT2D eigenvalue weighted by Crippen LogP contribution is -2.42. The molecule has 2 unspecified atom stereocenters. The fraction of sp³-hybridized carbons (Fsp3) is 0.438. The predicted molar refractivity (Wildman–Crippen MR) is 78.6 cm³/mol. The zero-order valence-corrected chi connectivity index (χ0v) is 11.4. The first kappa shape index (κ1) is 13.2. The van der Waals surface area contributed by atoms with E-state index in [0.717, 1.165) is 43.0 Å². The van der Waals surface area contributed by atoms with Gasteiger partial charge in [-0.25, -0.2) is 0 Å². The maximum atomic E-state index is 12.4. The first-order chi connectivity index (χ1) is 9.75. The van der Waals surface area contributed by atoms with Gasteiger partial charge in [-0.15, -0.1) is 0 Å². The molecule has 1 aromatic heterocycles. The average molecular weight is 272 g/mol. The lowest BCUT2D eigenvalue weighted by Gasteiger charge is -2.22. The maximum absolute atomic E-state index is 12.4. The smallest absolute Gasteiger partial charge is 0.252 e. The molecule has 0 spiro atoms. The standard InChI is InChI=1S/C16H20N2O2/c19-15-8-3-1-2-6-14(15)18-16(20)12-5-4-7-13-11(12)9-10-17-13/h4-5,7,9-10,14-15,17,19H,1-3,6,8H2,(H,18,20). The molecule has 1 saturated carbocycles. The molecule has 0 radical (unpaired) electrons. The van der Waals surface area contributed by atoms with Crippen molar-refractivity contribution in [1.82, 2.24) is 10.3 Å². The summed E-state index contributed by atoms with van der Waals surface area (Å²) in [7, 11) is 0. The number of aliphatic hydroxyl groups excluding tert-OH is 1. The number of aliphatic hydroxyl groups is 1. The van der Waals surface area contributed by atoms with Gasteiger partial charge in [0.05, 0.1) is 12.1 Å². The van der Waals surface area contributed by atoms with Gasteiger partial charge in [-0.2, -0.15) is 0 Å². The van der Waals surface area contributed by atoms with E-state index in [-0.39, 0.29) is 11.9 Å². The van der Waals surface area contributed by atoms with Crippen molar-refractivity contribution in [2.75, 3.05) is 0 Å². The number of rotatable bonds is 2. The molecular weight excluding hydrogens is 252 g/mol. The average Bonchev–Trinajstić information content (AvgIpc) is 2.84. The summed E-state index contributed by atoms with van der Waals surface area (Å²) in [6.07, 6.45) is 6.29. The molecule has 1 fully saturated rings. The Morgan fingerprint density at radius 2 is 2.05 bits per heavy atom. The third-order valence-corrected chi connectivity index (χ3v) is 4.14. The van der Waals surface area contributed by atoms with Crippen molar-refractivity contribution >= 4 is 16.8 Å². The molecule has 0 saturated heterocycles. The third-order valence-electron chi connectivity index (χ3n) is 4.14. The molecule has 4 nitrogen and oxygen atoms in total. The van der Waals surface area contributed by atoms with Crippen LogP contribution < -0.4 is 5.32 Å². The Hall–Kier alpha value is -1.81. The summed E-state index contributed by atoms with van der Waals surface area (Å²) in [5, 5.41) is 14.0. The van der Waals surface area contributed by atoms with Crippen molar-refractivity contribution in [3.05, 3.63) is 36.0 Å². The van der Waals surface area contributed by atoms with E-state index in [4.69, 9.17) is 0 Å². The van der Waals surface area contributed by atoms with Crippen LogP contribution in [0.15, 0.2) is 30.5 Å². The summed E-state index contributed by atoms with van der Waals surface area (Å²) in [5.41, 5.74) is 1.62. The van der Waals surface area contributed by atoms with E-state index < -0.39 is 6.10 Å². The van der Waals surface area contributed by atoms with Crippen LogP contribution >= 0.6 is 0 Å². The quantitative estimate of drug-likeness (QED) is 0.736. The Morgan fingerprint density at radius 3 is 2.95 bits per heavy atom. The van der Waals surface area contributed by atoms with E-state index in [1.54, 1.807) is 0 Å². The number of hydrogen-bond acceptors (Lipinski definition) is 2. The second-order valence-corrected chi connectivity index (χ2v) is 5.53. The number of hydrogen-bond donors (Lipinski definition) is 3. The van der Waals surface area contributed by atoms with Crippen molar-refractivity contribution < 1.29 is 9.90 Å². The van der Waals surface area contributed by atoms with Gasteiger partial charge in [0.2, 0.25) is 0 Å². The molecule has 1 aliphatic carbocycles. The van der Waals surface area contributed by atoms with Crippen LogP contribution in [0.1, 0.15) is 42.5 Å². The van der Waals surface area contributed by atoms with E-state index in [2.05, 4.69) is 10.3 Å². The van der Waals surface area contributed by atoms with Gasteiger partial charge in [0.25, 0.3) is 5.91 Å². The van der Waals surface area contributed by atoms with Gasteiger partial charge in [0.15, 0.2) is 0 Å². The first-order valence-corrected chi connectivity index (χ1v) is 7.31. The number of amides is 1. The van der Waals surface area contributed by atoms with Crippen molar-refractivity contribution in [3.8, 4) is 0 Å². The maximum Gasteiger partial charge on any atom is 0.252 e. The number of benzene rings is 1. The molecule has 0 aliphatic heterocycles. The van der Waals surface area contributed by atoms with Gasteiger partial charge >= 0.3 is 0 Å². The minimum Gasteiger partial charge on any atom is -0.391 e. The van der Waals surface area contributed by atoms with Crippen LogP contribution in [0.3, 0.4) is 0 Å². The molecule has 1 aliphatic rings. The predicted octanol–water partition coefficient (Wildman–Crippen LogP) is 2.59.